The van der Waals surface area contributed by atoms with Crippen LogP contribution in [0.25, 0.3) is 5.69 Å². The largest absolute Gasteiger partial charge is 0.312 e. The first-order valence-corrected chi connectivity index (χ1v) is 8.25. The summed E-state index contributed by atoms with van der Waals surface area (Å²) in [5.41, 5.74) is 4.50. The van der Waals surface area contributed by atoms with Crippen molar-refractivity contribution in [1.82, 2.24) is 15.1 Å². The van der Waals surface area contributed by atoms with Crippen LogP contribution >= 0.6 is 34.8 Å². The highest BCUT2D eigenvalue weighted by atomic mass is 35.5. The van der Waals surface area contributed by atoms with Crippen LogP contribution in [0.5, 0.6) is 0 Å². The van der Waals surface area contributed by atoms with Gasteiger partial charge in [0, 0.05) is 36.0 Å². The van der Waals surface area contributed by atoms with Crippen LogP contribution in [0.15, 0.2) is 12.1 Å². The monoisotopic (exact) mass is 341 g/mol. The Balaban J connectivity index is 1.93. The van der Waals surface area contributed by atoms with E-state index in [1.807, 2.05) is 4.68 Å². The van der Waals surface area contributed by atoms with E-state index in [0.717, 1.165) is 25.2 Å². The molecule has 21 heavy (non-hydrogen) atoms. The van der Waals surface area contributed by atoms with Gasteiger partial charge in [0.15, 0.2) is 0 Å². The number of nitrogens with one attached hydrogen (secondary N) is 1. The molecule has 0 bridgehead atoms. The number of rotatable bonds is 2. The van der Waals surface area contributed by atoms with Crippen LogP contribution < -0.4 is 5.32 Å². The van der Waals surface area contributed by atoms with Gasteiger partial charge in [0.1, 0.15) is 5.69 Å². The summed E-state index contributed by atoms with van der Waals surface area (Å²) in [6.07, 6.45) is 3.39. The number of hydrogen-bond acceptors (Lipinski definition) is 2. The highest BCUT2D eigenvalue weighted by Crippen LogP contribution is 2.43. The van der Waals surface area contributed by atoms with Crippen molar-refractivity contribution >= 4 is 34.8 Å². The molecule has 4 rings (SSSR count). The standard InChI is InChI=1S/C15H14Cl3N3/c16-9-5-11(17)15(12(18)6-9)21-13-3-4-19-7-10(13)14(20-21)8-1-2-8/h5-6,8,19H,1-4,7H2. The molecule has 1 aromatic carbocycles. The fourth-order valence-corrected chi connectivity index (χ4v) is 3.96. The molecule has 1 aliphatic heterocycles. The van der Waals surface area contributed by atoms with E-state index >= 15 is 0 Å². The molecule has 1 aliphatic carbocycles. The highest BCUT2D eigenvalue weighted by molar-refractivity contribution is 6.40. The number of halogens is 3. The van der Waals surface area contributed by atoms with Crippen LogP contribution in [0.4, 0.5) is 0 Å². The normalized spacial score (nSPS) is 17.9. The molecule has 1 aromatic heterocycles. The molecule has 2 heterocycles. The maximum absolute atomic E-state index is 6.37. The molecule has 6 heteroatoms. The zero-order valence-electron chi connectivity index (χ0n) is 11.3. The third-order valence-corrected chi connectivity index (χ3v) is 4.91. The number of nitrogens with zero attached hydrogens (tertiary/aromatic N) is 2. The van der Waals surface area contributed by atoms with Gasteiger partial charge >= 0.3 is 0 Å². The van der Waals surface area contributed by atoms with Gasteiger partial charge in [0.2, 0.25) is 0 Å². The van der Waals surface area contributed by atoms with Crippen molar-refractivity contribution in [1.29, 1.82) is 0 Å². The lowest BCUT2D eigenvalue weighted by Gasteiger charge is -2.17. The van der Waals surface area contributed by atoms with Crippen LogP contribution in [-0.4, -0.2) is 16.3 Å². The lowest BCUT2D eigenvalue weighted by molar-refractivity contribution is 0.621. The van der Waals surface area contributed by atoms with E-state index < -0.39 is 0 Å². The maximum Gasteiger partial charge on any atom is 0.102 e. The summed E-state index contributed by atoms with van der Waals surface area (Å²) in [7, 11) is 0. The number of hydrogen-bond donors (Lipinski definition) is 1. The molecule has 0 atom stereocenters. The average molecular weight is 343 g/mol. The fraction of sp³-hybridized carbons (Fsp3) is 0.400. The van der Waals surface area contributed by atoms with Crippen molar-refractivity contribution in [2.75, 3.05) is 6.54 Å². The molecule has 0 radical (unpaired) electrons. The Labute approximate surface area is 138 Å². The van der Waals surface area contributed by atoms with E-state index in [1.54, 1.807) is 12.1 Å². The van der Waals surface area contributed by atoms with E-state index in [2.05, 4.69) is 5.32 Å². The van der Waals surface area contributed by atoms with E-state index in [-0.39, 0.29) is 0 Å². The molecule has 0 amide bonds. The van der Waals surface area contributed by atoms with Crippen LogP contribution in [0.2, 0.25) is 15.1 Å². The van der Waals surface area contributed by atoms with Gasteiger partial charge in [0.05, 0.1) is 21.4 Å². The molecule has 110 valence electrons. The van der Waals surface area contributed by atoms with Gasteiger partial charge in [-0.25, -0.2) is 4.68 Å². The Morgan fingerprint density at radius 2 is 1.86 bits per heavy atom. The Morgan fingerprint density at radius 3 is 2.52 bits per heavy atom. The van der Waals surface area contributed by atoms with Gasteiger partial charge in [-0.2, -0.15) is 5.10 Å². The quantitative estimate of drug-likeness (QED) is 0.879. The minimum atomic E-state index is 0.540. The summed E-state index contributed by atoms with van der Waals surface area (Å²) in [6.45, 7) is 1.83. The second-order valence-corrected chi connectivity index (χ2v) is 6.89. The molecular formula is C15H14Cl3N3. The molecule has 2 aromatic rings. The molecule has 3 nitrogen and oxygen atoms in total. The van der Waals surface area contributed by atoms with Gasteiger partial charge in [-0.1, -0.05) is 34.8 Å². The van der Waals surface area contributed by atoms with Gasteiger partial charge < -0.3 is 5.32 Å². The first-order valence-electron chi connectivity index (χ1n) is 7.11. The van der Waals surface area contributed by atoms with Crippen molar-refractivity contribution in [2.45, 2.75) is 31.7 Å². The van der Waals surface area contributed by atoms with Crippen LogP contribution in [0, 0.1) is 0 Å². The summed E-state index contributed by atoms with van der Waals surface area (Å²) in [5.74, 6) is 0.602. The number of benzene rings is 1. The van der Waals surface area contributed by atoms with Gasteiger partial charge in [-0.05, 0) is 25.0 Å². The molecular weight excluding hydrogens is 329 g/mol. The topological polar surface area (TPSA) is 29.9 Å². The van der Waals surface area contributed by atoms with Crippen molar-refractivity contribution in [3.05, 3.63) is 44.2 Å². The van der Waals surface area contributed by atoms with E-state index in [1.165, 1.54) is 29.8 Å². The molecule has 0 spiro atoms. The maximum atomic E-state index is 6.37. The van der Waals surface area contributed by atoms with E-state index in [0.29, 0.717) is 21.0 Å². The summed E-state index contributed by atoms with van der Waals surface area (Å²) >= 11 is 18.8. The predicted molar refractivity (Wildman–Crippen MR) is 86.0 cm³/mol. The lowest BCUT2D eigenvalue weighted by atomic mass is 10.0. The van der Waals surface area contributed by atoms with E-state index in [4.69, 9.17) is 39.9 Å². The van der Waals surface area contributed by atoms with Crippen molar-refractivity contribution in [3.63, 3.8) is 0 Å². The molecule has 0 unspecified atom stereocenters. The second kappa shape index (κ2) is 5.17. The number of fused-ring (bicyclic) bond motifs is 1. The molecule has 1 fully saturated rings. The Kier molecular flexibility index (Phi) is 3.42. The second-order valence-electron chi connectivity index (χ2n) is 5.64. The van der Waals surface area contributed by atoms with Gasteiger partial charge in [-0.3, -0.25) is 0 Å². The van der Waals surface area contributed by atoms with Crippen molar-refractivity contribution in [2.24, 2.45) is 0 Å². The van der Waals surface area contributed by atoms with Gasteiger partial charge in [0.25, 0.3) is 0 Å². The predicted octanol–water partition coefficient (Wildman–Crippen LogP) is 4.36. The average Bonchev–Trinajstić information content (AvgIpc) is 3.21. The minimum Gasteiger partial charge on any atom is -0.312 e. The fourth-order valence-electron chi connectivity index (χ4n) is 2.98. The first-order chi connectivity index (χ1) is 10.1. The van der Waals surface area contributed by atoms with Crippen LogP contribution in [0.3, 0.4) is 0 Å². The number of aromatic nitrogens is 2. The molecule has 1 saturated carbocycles. The summed E-state index contributed by atoms with van der Waals surface area (Å²) < 4.78 is 1.94. The van der Waals surface area contributed by atoms with Gasteiger partial charge in [-0.15, -0.1) is 0 Å². The molecule has 0 saturated heterocycles. The zero-order chi connectivity index (χ0) is 14.6. The first kappa shape index (κ1) is 13.9. The molecule has 2 aliphatic rings. The third-order valence-electron chi connectivity index (χ3n) is 4.12. The lowest BCUT2D eigenvalue weighted by Crippen LogP contribution is -2.25. The SMILES string of the molecule is Clc1cc(Cl)c(-n2nc(C3CC3)c3c2CCNC3)c(Cl)c1. The van der Waals surface area contributed by atoms with Crippen LogP contribution in [-0.2, 0) is 13.0 Å². The summed E-state index contributed by atoms with van der Waals surface area (Å²) in [6, 6.07) is 3.44. The molecule has 1 N–H and O–H groups in total. The van der Waals surface area contributed by atoms with Crippen LogP contribution in [0.1, 0.15) is 35.7 Å². The Morgan fingerprint density at radius 1 is 1.14 bits per heavy atom. The Bertz CT molecular complexity index is 696. The van der Waals surface area contributed by atoms with Crippen molar-refractivity contribution < 1.29 is 0 Å². The minimum absolute atomic E-state index is 0.540. The van der Waals surface area contributed by atoms with E-state index in [9.17, 15) is 0 Å². The third kappa shape index (κ3) is 2.36. The zero-order valence-corrected chi connectivity index (χ0v) is 13.6. The summed E-state index contributed by atoms with van der Waals surface area (Å²) in [4.78, 5) is 0. The van der Waals surface area contributed by atoms with Crippen molar-refractivity contribution in [3.8, 4) is 5.69 Å². The highest BCUT2D eigenvalue weighted by Gasteiger charge is 2.33. The smallest absolute Gasteiger partial charge is 0.102 e. The Hall–Kier alpha value is -0.740. The summed E-state index contributed by atoms with van der Waals surface area (Å²) in [5, 5.41) is 9.89.